The average molecular weight is 219 g/mol. The van der Waals surface area contributed by atoms with Gasteiger partial charge in [0.25, 0.3) is 0 Å². The summed E-state index contributed by atoms with van der Waals surface area (Å²) in [7, 11) is 0. The highest BCUT2D eigenvalue weighted by atomic mass is 16.5. The van der Waals surface area contributed by atoms with Crippen LogP contribution in [0.15, 0.2) is 12.3 Å². The topological polar surface area (TPSA) is 37.4 Å². The third-order valence-corrected chi connectivity index (χ3v) is 3.30. The number of nitrogens with zero attached hydrogens (tertiary/aromatic N) is 2. The second-order valence-electron chi connectivity index (χ2n) is 4.52. The van der Waals surface area contributed by atoms with Crippen LogP contribution in [-0.2, 0) is 0 Å². The highest BCUT2D eigenvalue weighted by molar-refractivity contribution is 5.55. The zero-order valence-corrected chi connectivity index (χ0v) is 9.57. The standard InChI is InChI=1S/C12H17N3O/c1-9-6-11-12(14-7-9)15-4-3-13-8-10(15)2-5-16-11/h6-7,10,13H,2-5,8H2,1H3/t10-/m0/s1. The van der Waals surface area contributed by atoms with Gasteiger partial charge in [0.1, 0.15) is 0 Å². The second-order valence-corrected chi connectivity index (χ2v) is 4.52. The Morgan fingerprint density at radius 2 is 2.50 bits per heavy atom. The van der Waals surface area contributed by atoms with Crippen LogP contribution < -0.4 is 15.0 Å². The quantitative estimate of drug-likeness (QED) is 0.705. The van der Waals surface area contributed by atoms with Crippen molar-refractivity contribution < 1.29 is 4.74 Å². The average Bonchev–Trinajstić information content (AvgIpc) is 2.47. The molecular formula is C12H17N3O. The molecule has 2 aliphatic heterocycles. The molecule has 86 valence electrons. The lowest BCUT2D eigenvalue weighted by atomic mass is 10.1. The summed E-state index contributed by atoms with van der Waals surface area (Å²) in [5.41, 5.74) is 1.16. The van der Waals surface area contributed by atoms with E-state index in [4.69, 9.17) is 4.74 Å². The molecule has 3 rings (SSSR count). The zero-order chi connectivity index (χ0) is 11.0. The number of aromatic nitrogens is 1. The molecule has 0 saturated carbocycles. The van der Waals surface area contributed by atoms with Crippen LogP contribution in [0.2, 0.25) is 0 Å². The third-order valence-electron chi connectivity index (χ3n) is 3.30. The summed E-state index contributed by atoms with van der Waals surface area (Å²) >= 11 is 0. The number of fused-ring (bicyclic) bond motifs is 3. The fourth-order valence-electron chi connectivity index (χ4n) is 2.46. The van der Waals surface area contributed by atoms with Crippen molar-refractivity contribution in [3.63, 3.8) is 0 Å². The van der Waals surface area contributed by atoms with Crippen LogP contribution in [0, 0.1) is 6.92 Å². The molecule has 1 fully saturated rings. The first kappa shape index (κ1) is 9.90. The van der Waals surface area contributed by atoms with Crippen molar-refractivity contribution in [2.75, 3.05) is 31.1 Å². The van der Waals surface area contributed by atoms with E-state index in [0.717, 1.165) is 49.8 Å². The maximum absolute atomic E-state index is 5.79. The van der Waals surface area contributed by atoms with Gasteiger partial charge in [-0.25, -0.2) is 4.98 Å². The number of piperazine rings is 1. The van der Waals surface area contributed by atoms with E-state index in [1.807, 2.05) is 6.20 Å². The fourth-order valence-corrected chi connectivity index (χ4v) is 2.46. The molecule has 2 aliphatic rings. The Morgan fingerprint density at radius 1 is 1.56 bits per heavy atom. The lowest BCUT2D eigenvalue weighted by Crippen LogP contribution is -2.51. The Labute approximate surface area is 95.6 Å². The molecule has 0 spiro atoms. The molecule has 0 amide bonds. The molecule has 1 aromatic heterocycles. The molecular weight excluding hydrogens is 202 g/mol. The number of aryl methyl sites for hydroxylation is 1. The third kappa shape index (κ3) is 1.63. The second kappa shape index (κ2) is 3.94. The van der Waals surface area contributed by atoms with Crippen LogP contribution in [0.5, 0.6) is 5.75 Å². The lowest BCUT2D eigenvalue weighted by molar-refractivity contribution is 0.303. The van der Waals surface area contributed by atoms with E-state index in [9.17, 15) is 0 Å². The van der Waals surface area contributed by atoms with Gasteiger partial charge in [0.05, 0.1) is 6.61 Å². The molecule has 0 bridgehead atoms. The van der Waals surface area contributed by atoms with Crippen molar-refractivity contribution >= 4 is 5.82 Å². The number of pyridine rings is 1. The predicted octanol–water partition coefficient (Wildman–Crippen LogP) is 0.951. The van der Waals surface area contributed by atoms with Gasteiger partial charge in [0, 0.05) is 38.3 Å². The monoisotopic (exact) mass is 219 g/mol. The van der Waals surface area contributed by atoms with Crippen molar-refractivity contribution in [3.8, 4) is 5.75 Å². The number of hydrogen-bond donors (Lipinski definition) is 1. The van der Waals surface area contributed by atoms with Crippen molar-refractivity contribution in [1.82, 2.24) is 10.3 Å². The Kier molecular flexibility index (Phi) is 2.44. The van der Waals surface area contributed by atoms with Gasteiger partial charge in [0.15, 0.2) is 11.6 Å². The highest BCUT2D eigenvalue weighted by Gasteiger charge is 2.28. The lowest BCUT2D eigenvalue weighted by Gasteiger charge is -2.35. The maximum atomic E-state index is 5.79. The molecule has 16 heavy (non-hydrogen) atoms. The van der Waals surface area contributed by atoms with Crippen molar-refractivity contribution in [1.29, 1.82) is 0 Å². The summed E-state index contributed by atoms with van der Waals surface area (Å²) in [5, 5.41) is 3.43. The molecule has 4 heteroatoms. The van der Waals surface area contributed by atoms with E-state index in [1.54, 1.807) is 0 Å². The highest BCUT2D eigenvalue weighted by Crippen LogP contribution is 2.32. The molecule has 1 atom stereocenters. The molecule has 0 unspecified atom stereocenters. The van der Waals surface area contributed by atoms with E-state index in [-0.39, 0.29) is 0 Å². The minimum absolute atomic E-state index is 0.533. The smallest absolute Gasteiger partial charge is 0.171 e. The molecule has 1 aromatic rings. The van der Waals surface area contributed by atoms with Gasteiger partial charge in [-0.15, -0.1) is 0 Å². The summed E-state index contributed by atoms with van der Waals surface area (Å²) in [6.07, 6.45) is 3.00. The zero-order valence-electron chi connectivity index (χ0n) is 9.57. The summed E-state index contributed by atoms with van der Waals surface area (Å²) in [4.78, 5) is 6.92. The van der Waals surface area contributed by atoms with Gasteiger partial charge in [-0.3, -0.25) is 0 Å². The Balaban J connectivity index is 2.00. The molecule has 0 aliphatic carbocycles. The first-order chi connectivity index (χ1) is 7.84. The van der Waals surface area contributed by atoms with Crippen LogP contribution in [0.3, 0.4) is 0 Å². The van der Waals surface area contributed by atoms with E-state index in [0.29, 0.717) is 6.04 Å². The summed E-state index contributed by atoms with van der Waals surface area (Å²) < 4.78 is 5.79. The van der Waals surface area contributed by atoms with E-state index < -0.39 is 0 Å². The first-order valence-corrected chi connectivity index (χ1v) is 5.91. The first-order valence-electron chi connectivity index (χ1n) is 5.91. The molecule has 1 N–H and O–H groups in total. The van der Waals surface area contributed by atoms with Crippen molar-refractivity contribution in [3.05, 3.63) is 17.8 Å². The Bertz CT molecular complexity index is 394. The van der Waals surface area contributed by atoms with E-state index >= 15 is 0 Å². The van der Waals surface area contributed by atoms with Gasteiger partial charge >= 0.3 is 0 Å². The van der Waals surface area contributed by atoms with Gasteiger partial charge < -0.3 is 15.0 Å². The van der Waals surface area contributed by atoms with Crippen LogP contribution in [0.4, 0.5) is 5.82 Å². The summed E-state index contributed by atoms with van der Waals surface area (Å²) in [6.45, 7) is 5.94. The molecule has 0 radical (unpaired) electrons. The number of rotatable bonds is 0. The number of anilines is 1. The minimum Gasteiger partial charge on any atom is -0.490 e. The van der Waals surface area contributed by atoms with Crippen LogP contribution in [0.1, 0.15) is 12.0 Å². The van der Waals surface area contributed by atoms with E-state index in [2.05, 4.69) is 28.2 Å². The van der Waals surface area contributed by atoms with Gasteiger partial charge in [0.2, 0.25) is 0 Å². The summed E-state index contributed by atoms with van der Waals surface area (Å²) in [6, 6.07) is 2.62. The molecule has 3 heterocycles. The van der Waals surface area contributed by atoms with Gasteiger partial charge in [-0.2, -0.15) is 0 Å². The van der Waals surface area contributed by atoms with Crippen LogP contribution in [0.25, 0.3) is 0 Å². The SMILES string of the molecule is Cc1cnc2c(c1)OCC[C@H]1CNCCN21. The summed E-state index contributed by atoms with van der Waals surface area (Å²) in [5.74, 6) is 1.97. The largest absolute Gasteiger partial charge is 0.490 e. The van der Waals surface area contributed by atoms with E-state index in [1.165, 1.54) is 0 Å². The Hall–Kier alpha value is -1.29. The van der Waals surface area contributed by atoms with Crippen molar-refractivity contribution in [2.45, 2.75) is 19.4 Å². The molecule has 4 nitrogen and oxygen atoms in total. The fraction of sp³-hybridized carbons (Fsp3) is 0.583. The predicted molar refractivity (Wildman–Crippen MR) is 63.1 cm³/mol. The van der Waals surface area contributed by atoms with Crippen LogP contribution >= 0.6 is 0 Å². The van der Waals surface area contributed by atoms with Gasteiger partial charge in [-0.1, -0.05) is 0 Å². The molecule has 1 saturated heterocycles. The van der Waals surface area contributed by atoms with Crippen molar-refractivity contribution in [2.24, 2.45) is 0 Å². The number of hydrogen-bond acceptors (Lipinski definition) is 4. The normalized spacial score (nSPS) is 24.1. The minimum atomic E-state index is 0.533. The number of nitrogens with one attached hydrogen (secondary N) is 1. The maximum Gasteiger partial charge on any atom is 0.171 e. The molecule has 0 aromatic carbocycles. The van der Waals surface area contributed by atoms with Gasteiger partial charge in [-0.05, 0) is 18.6 Å². The Morgan fingerprint density at radius 3 is 3.44 bits per heavy atom. The van der Waals surface area contributed by atoms with Crippen LogP contribution in [-0.4, -0.2) is 37.3 Å². The number of ether oxygens (including phenoxy) is 1.